The number of methoxy groups -OCH3 is 1. The largest absolute Gasteiger partial charge is 0.393 e. The predicted molar refractivity (Wildman–Crippen MR) is 54.6 cm³/mol. The monoisotopic (exact) mass is 236 g/mol. The smallest absolute Gasteiger partial charge is 0.160 e. The Hall–Kier alpha value is -0.240. The van der Waals surface area contributed by atoms with Crippen LogP contribution < -0.4 is 0 Å². The van der Waals surface area contributed by atoms with Crippen molar-refractivity contribution in [2.45, 2.75) is 50.0 Å². The number of aliphatic hydroxyl groups is 4. The van der Waals surface area contributed by atoms with Crippen LogP contribution in [-0.2, 0) is 9.47 Å². The van der Waals surface area contributed by atoms with Crippen molar-refractivity contribution in [1.29, 1.82) is 0 Å². The first-order valence-corrected chi connectivity index (χ1v) is 5.28. The second kappa shape index (κ2) is 5.39. The van der Waals surface area contributed by atoms with Gasteiger partial charge in [-0.2, -0.15) is 0 Å². The molecule has 1 fully saturated rings. The Morgan fingerprint density at radius 2 is 1.88 bits per heavy atom. The second-order valence-electron chi connectivity index (χ2n) is 4.41. The van der Waals surface area contributed by atoms with Crippen molar-refractivity contribution in [3.05, 3.63) is 0 Å². The minimum Gasteiger partial charge on any atom is -0.393 e. The minimum atomic E-state index is -1.47. The Morgan fingerprint density at radius 1 is 1.31 bits per heavy atom. The quantitative estimate of drug-likeness (QED) is 0.481. The van der Waals surface area contributed by atoms with Crippen molar-refractivity contribution in [3.8, 4) is 0 Å². The van der Waals surface area contributed by atoms with Crippen LogP contribution in [0, 0.1) is 0 Å². The maximum absolute atomic E-state index is 9.87. The van der Waals surface area contributed by atoms with E-state index in [1.807, 2.05) is 0 Å². The first-order valence-electron chi connectivity index (χ1n) is 5.28. The number of hydrogen-bond acceptors (Lipinski definition) is 6. The van der Waals surface area contributed by atoms with Crippen LogP contribution >= 0.6 is 0 Å². The SMILES string of the molecule is COC1CC(O)C(O)CC(C(C)(O)CO)O1. The van der Waals surface area contributed by atoms with E-state index in [4.69, 9.17) is 14.6 Å². The van der Waals surface area contributed by atoms with Gasteiger partial charge in [0.15, 0.2) is 6.29 Å². The first-order chi connectivity index (χ1) is 7.40. The van der Waals surface area contributed by atoms with Crippen LogP contribution in [-0.4, -0.2) is 64.3 Å². The van der Waals surface area contributed by atoms with Crippen molar-refractivity contribution in [2.24, 2.45) is 0 Å². The van der Waals surface area contributed by atoms with Crippen LogP contribution in [0.4, 0.5) is 0 Å². The van der Waals surface area contributed by atoms with Gasteiger partial charge in [-0.1, -0.05) is 0 Å². The van der Waals surface area contributed by atoms with Crippen LogP contribution in [0.5, 0.6) is 0 Å². The van der Waals surface area contributed by atoms with Gasteiger partial charge in [-0.15, -0.1) is 0 Å². The summed E-state index contributed by atoms with van der Waals surface area (Å²) in [6, 6.07) is 0. The topological polar surface area (TPSA) is 99.4 Å². The van der Waals surface area contributed by atoms with Gasteiger partial charge in [-0.25, -0.2) is 0 Å². The van der Waals surface area contributed by atoms with Crippen LogP contribution in [0.1, 0.15) is 19.8 Å². The van der Waals surface area contributed by atoms with E-state index in [-0.39, 0.29) is 12.8 Å². The van der Waals surface area contributed by atoms with Gasteiger partial charge in [0.25, 0.3) is 0 Å². The highest BCUT2D eigenvalue weighted by atomic mass is 16.7. The number of ether oxygens (including phenoxy) is 2. The van der Waals surface area contributed by atoms with Gasteiger partial charge in [0.05, 0.1) is 24.9 Å². The Bertz CT molecular complexity index is 219. The molecule has 0 aromatic carbocycles. The molecular formula is C10H20O6. The summed E-state index contributed by atoms with van der Waals surface area (Å²) in [5, 5.41) is 38.1. The molecule has 0 bridgehead atoms. The highest BCUT2D eigenvalue weighted by molar-refractivity contribution is 4.89. The molecule has 5 atom stereocenters. The molecule has 0 amide bonds. The van der Waals surface area contributed by atoms with Gasteiger partial charge in [-0.05, 0) is 6.92 Å². The summed E-state index contributed by atoms with van der Waals surface area (Å²) in [7, 11) is 1.42. The molecule has 6 heteroatoms. The summed E-state index contributed by atoms with van der Waals surface area (Å²) < 4.78 is 10.4. The van der Waals surface area contributed by atoms with E-state index < -0.39 is 36.8 Å². The van der Waals surface area contributed by atoms with Crippen LogP contribution in [0.3, 0.4) is 0 Å². The molecule has 96 valence electrons. The van der Waals surface area contributed by atoms with Gasteiger partial charge in [0.1, 0.15) is 5.60 Å². The highest BCUT2D eigenvalue weighted by Crippen LogP contribution is 2.26. The van der Waals surface area contributed by atoms with Gasteiger partial charge in [0, 0.05) is 20.0 Å². The van der Waals surface area contributed by atoms with Gasteiger partial charge < -0.3 is 29.9 Å². The molecule has 1 aliphatic heterocycles. The van der Waals surface area contributed by atoms with E-state index >= 15 is 0 Å². The lowest BCUT2D eigenvalue weighted by atomic mass is 9.94. The molecule has 1 saturated heterocycles. The molecule has 1 aliphatic rings. The normalized spacial score (nSPS) is 40.1. The average Bonchev–Trinajstić information content (AvgIpc) is 2.39. The maximum Gasteiger partial charge on any atom is 0.160 e. The highest BCUT2D eigenvalue weighted by Gasteiger charge is 2.40. The summed E-state index contributed by atoms with van der Waals surface area (Å²) in [5.74, 6) is 0. The van der Waals surface area contributed by atoms with Crippen molar-refractivity contribution in [3.63, 3.8) is 0 Å². The minimum absolute atomic E-state index is 0.0502. The molecule has 0 aromatic heterocycles. The van der Waals surface area contributed by atoms with Crippen LogP contribution in [0.15, 0.2) is 0 Å². The van der Waals surface area contributed by atoms with Gasteiger partial charge >= 0.3 is 0 Å². The second-order valence-corrected chi connectivity index (χ2v) is 4.41. The fourth-order valence-corrected chi connectivity index (χ4v) is 1.68. The van der Waals surface area contributed by atoms with Crippen molar-refractivity contribution in [2.75, 3.05) is 13.7 Å². The third-order valence-corrected chi connectivity index (χ3v) is 2.93. The summed E-state index contributed by atoms with van der Waals surface area (Å²) in [5.41, 5.74) is -1.47. The van der Waals surface area contributed by atoms with E-state index in [9.17, 15) is 15.3 Å². The molecule has 1 rings (SSSR count). The van der Waals surface area contributed by atoms with E-state index in [1.165, 1.54) is 14.0 Å². The van der Waals surface area contributed by atoms with Gasteiger partial charge in [0.2, 0.25) is 0 Å². The van der Waals surface area contributed by atoms with Crippen LogP contribution in [0.25, 0.3) is 0 Å². The lowest BCUT2D eigenvalue weighted by molar-refractivity contribution is -0.210. The summed E-state index contributed by atoms with van der Waals surface area (Å²) >= 11 is 0. The van der Waals surface area contributed by atoms with E-state index in [0.717, 1.165) is 0 Å². The molecule has 5 unspecified atom stereocenters. The lowest BCUT2D eigenvalue weighted by Crippen LogP contribution is -2.47. The molecule has 16 heavy (non-hydrogen) atoms. The maximum atomic E-state index is 9.87. The molecule has 6 nitrogen and oxygen atoms in total. The Kier molecular flexibility index (Phi) is 4.66. The molecule has 4 N–H and O–H groups in total. The molecular weight excluding hydrogens is 216 g/mol. The molecule has 1 heterocycles. The van der Waals surface area contributed by atoms with Crippen molar-refractivity contribution >= 4 is 0 Å². The summed E-state index contributed by atoms with van der Waals surface area (Å²) in [6.07, 6.45) is -3.25. The molecule has 0 aliphatic carbocycles. The zero-order valence-electron chi connectivity index (χ0n) is 9.54. The Morgan fingerprint density at radius 3 is 2.38 bits per heavy atom. The predicted octanol–water partition coefficient (Wildman–Crippen LogP) is -1.40. The van der Waals surface area contributed by atoms with Crippen molar-refractivity contribution < 1.29 is 29.9 Å². The van der Waals surface area contributed by atoms with E-state index in [0.29, 0.717) is 0 Å². The molecule has 0 saturated carbocycles. The molecule has 0 spiro atoms. The standard InChI is InChI=1S/C10H20O6/c1-10(14,5-11)8-3-6(12)7(13)4-9(15-2)16-8/h6-9,11-14H,3-5H2,1-2H3. The van der Waals surface area contributed by atoms with Crippen LogP contribution in [0.2, 0.25) is 0 Å². The van der Waals surface area contributed by atoms with Crippen molar-refractivity contribution in [1.82, 2.24) is 0 Å². The zero-order valence-corrected chi connectivity index (χ0v) is 9.54. The fraction of sp³-hybridized carbons (Fsp3) is 1.00. The molecule has 0 aromatic rings. The van der Waals surface area contributed by atoms with E-state index in [2.05, 4.69) is 0 Å². The zero-order chi connectivity index (χ0) is 12.3. The lowest BCUT2D eigenvalue weighted by Gasteiger charge is -2.32. The Balaban J connectivity index is 2.77. The number of hydrogen-bond donors (Lipinski definition) is 4. The summed E-state index contributed by atoms with van der Waals surface area (Å²) in [4.78, 5) is 0. The average molecular weight is 236 g/mol. The number of rotatable bonds is 3. The molecule has 0 radical (unpaired) electrons. The fourth-order valence-electron chi connectivity index (χ4n) is 1.68. The third-order valence-electron chi connectivity index (χ3n) is 2.93. The third kappa shape index (κ3) is 3.13. The first kappa shape index (κ1) is 13.8. The Labute approximate surface area is 94.4 Å². The number of aliphatic hydroxyl groups excluding tert-OH is 3. The van der Waals surface area contributed by atoms with E-state index in [1.54, 1.807) is 0 Å². The summed E-state index contributed by atoms with van der Waals surface area (Å²) in [6.45, 7) is 0.922. The van der Waals surface area contributed by atoms with Gasteiger partial charge in [-0.3, -0.25) is 0 Å².